The fraction of sp³-hybridized carbons (Fsp3) is 0.0328. The lowest BCUT2D eigenvalue weighted by atomic mass is 9.94. The average molecular weight is 842 g/mol. The first kappa shape index (κ1) is 36.8. The summed E-state index contributed by atoms with van der Waals surface area (Å²) in [6.07, 6.45) is 3.14. The Morgan fingerprint density at radius 2 is 1.02 bits per heavy atom. The predicted octanol–water partition coefficient (Wildman–Crippen LogP) is 13.5. The molecule has 1 atom stereocenters. The van der Waals surface area contributed by atoms with Crippen molar-refractivity contribution in [1.82, 2.24) is 24.1 Å². The number of rotatable bonds is 5. The van der Waals surface area contributed by atoms with Crippen molar-refractivity contribution in [2.24, 2.45) is 0 Å². The summed E-state index contributed by atoms with van der Waals surface area (Å²) in [4.78, 5) is 15.8. The average Bonchev–Trinajstić information content (AvgIpc) is 3.89. The normalized spacial score (nSPS) is 13.9. The third-order valence-corrected chi connectivity index (χ3v) is 13.8. The van der Waals surface area contributed by atoms with Crippen molar-refractivity contribution in [3.05, 3.63) is 229 Å². The second kappa shape index (κ2) is 14.4. The molecule has 1 aliphatic carbocycles. The molecule has 1 aliphatic rings. The summed E-state index contributed by atoms with van der Waals surface area (Å²) in [6, 6.07) is 76.6. The van der Waals surface area contributed by atoms with Crippen molar-refractivity contribution in [3.8, 4) is 28.5 Å². The van der Waals surface area contributed by atoms with Crippen LogP contribution in [0.4, 0.5) is 0 Å². The van der Waals surface area contributed by atoms with E-state index in [9.17, 15) is 0 Å². The van der Waals surface area contributed by atoms with Gasteiger partial charge in [-0.1, -0.05) is 176 Å². The zero-order valence-corrected chi connectivity index (χ0v) is 35.8. The van der Waals surface area contributed by atoms with E-state index in [1.165, 1.54) is 75.8 Å². The highest BCUT2D eigenvalue weighted by Gasteiger charge is 2.26. The minimum atomic E-state index is -0.0462. The van der Waals surface area contributed by atoms with Gasteiger partial charge in [0.2, 0.25) is 0 Å². The number of para-hydroxylation sites is 1. The summed E-state index contributed by atoms with van der Waals surface area (Å²) in [7, 11) is 0. The van der Waals surface area contributed by atoms with Crippen molar-refractivity contribution < 1.29 is 0 Å². The van der Waals surface area contributed by atoms with Crippen molar-refractivity contribution in [1.29, 1.82) is 0 Å². The van der Waals surface area contributed by atoms with Gasteiger partial charge in [-0.15, -0.1) is 0 Å². The van der Waals surface area contributed by atoms with Crippen LogP contribution in [0.2, 0.25) is 0 Å². The molecule has 5 nitrogen and oxygen atoms in total. The fourth-order valence-electron chi connectivity index (χ4n) is 10.8. The molecule has 0 bridgehead atoms. The highest BCUT2D eigenvalue weighted by molar-refractivity contribution is 6.25. The first-order valence-corrected chi connectivity index (χ1v) is 22.7. The molecule has 0 saturated heterocycles. The Bertz CT molecular complexity index is 4270. The summed E-state index contributed by atoms with van der Waals surface area (Å²) < 4.78 is 5.05. The molecule has 0 saturated carbocycles. The lowest BCUT2D eigenvalue weighted by Gasteiger charge is -2.23. The quantitative estimate of drug-likeness (QED) is 0.173. The first-order chi connectivity index (χ1) is 32.7. The third-order valence-electron chi connectivity index (χ3n) is 13.8. The van der Waals surface area contributed by atoms with Crippen LogP contribution in [0.5, 0.6) is 0 Å². The van der Waals surface area contributed by atoms with Gasteiger partial charge in [0.05, 0.1) is 22.6 Å². The lowest BCUT2D eigenvalue weighted by Crippen LogP contribution is -2.33. The Labute approximate surface area is 379 Å². The maximum atomic E-state index is 5.37. The van der Waals surface area contributed by atoms with E-state index in [0.717, 1.165) is 33.0 Å². The molecule has 5 heteroatoms. The Morgan fingerprint density at radius 1 is 0.379 bits per heavy atom. The van der Waals surface area contributed by atoms with Crippen LogP contribution >= 0.6 is 0 Å². The highest BCUT2D eigenvalue weighted by atomic mass is 15.1. The zero-order chi connectivity index (χ0) is 43.3. The van der Waals surface area contributed by atoms with Gasteiger partial charge in [-0.05, 0) is 85.2 Å². The minimum absolute atomic E-state index is 0.0462. The van der Waals surface area contributed by atoms with Gasteiger partial charge >= 0.3 is 0 Å². The van der Waals surface area contributed by atoms with Crippen LogP contribution in [0.15, 0.2) is 212 Å². The van der Waals surface area contributed by atoms with E-state index >= 15 is 0 Å². The maximum Gasteiger partial charge on any atom is 0.164 e. The Kier molecular flexibility index (Phi) is 8.04. The monoisotopic (exact) mass is 841 g/mol. The number of fused-ring (bicyclic) bond motifs is 11. The van der Waals surface area contributed by atoms with Gasteiger partial charge in [-0.25, -0.2) is 15.0 Å². The number of hydrogen-bond donors (Lipinski definition) is 0. The molecular formula is C61H39N5. The van der Waals surface area contributed by atoms with Crippen LogP contribution in [0.1, 0.15) is 18.3 Å². The summed E-state index contributed by atoms with van der Waals surface area (Å²) >= 11 is 0. The van der Waals surface area contributed by atoms with Crippen LogP contribution in [-0.2, 0) is 0 Å². The minimum Gasteiger partial charge on any atom is -0.333 e. The molecule has 308 valence electrons. The SMILES string of the molecule is C1=c2ccccc2=C(c2nc(-c3ccccc3)nc(-c3ccc4ccccc4c3)n2)CC1n1c2ccccc2c2cc3c4c5ccccc5ccc4n(-c4ccc5ccccc5c4)c3cc21. The van der Waals surface area contributed by atoms with Gasteiger partial charge in [-0.3, -0.25) is 0 Å². The van der Waals surface area contributed by atoms with Crippen LogP contribution in [0.3, 0.4) is 0 Å². The molecule has 0 aliphatic heterocycles. The molecule has 13 aromatic rings. The molecule has 3 aromatic heterocycles. The molecule has 0 amide bonds. The smallest absolute Gasteiger partial charge is 0.164 e. The van der Waals surface area contributed by atoms with E-state index in [-0.39, 0.29) is 6.04 Å². The predicted molar refractivity (Wildman–Crippen MR) is 273 cm³/mol. The molecule has 10 aromatic carbocycles. The van der Waals surface area contributed by atoms with Crippen molar-refractivity contribution in [2.45, 2.75) is 12.5 Å². The van der Waals surface area contributed by atoms with Crippen LogP contribution < -0.4 is 10.4 Å². The Hall–Kier alpha value is -8.67. The molecular weight excluding hydrogens is 803 g/mol. The lowest BCUT2D eigenvalue weighted by molar-refractivity contribution is 0.682. The van der Waals surface area contributed by atoms with E-state index < -0.39 is 0 Å². The van der Waals surface area contributed by atoms with Gasteiger partial charge in [-0.2, -0.15) is 0 Å². The summed E-state index contributed by atoms with van der Waals surface area (Å²) in [6.45, 7) is 0. The molecule has 0 spiro atoms. The first-order valence-electron chi connectivity index (χ1n) is 22.7. The van der Waals surface area contributed by atoms with Crippen LogP contribution in [0, 0.1) is 0 Å². The van der Waals surface area contributed by atoms with E-state index in [2.05, 4.69) is 209 Å². The van der Waals surface area contributed by atoms with Crippen molar-refractivity contribution in [2.75, 3.05) is 0 Å². The van der Waals surface area contributed by atoms with Crippen molar-refractivity contribution in [3.63, 3.8) is 0 Å². The van der Waals surface area contributed by atoms with E-state index in [4.69, 9.17) is 15.0 Å². The molecule has 3 heterocycles. The molecule has 1 unspecified atom stereocenters. The molecule has 14 rings (SSSR count). The number of aromatic nitrogens is 5. The van der Waals surface area contributed by atoms with Gasteiger partial charge in [0.15, 0.2) is 17.5 Å². The highest BCUT2D eigenvalue weighted by Crippen LogP contribution is 2.43. The second-order valence-electron chi connectivity index (χ2n) is 17.6. The third kappa shape index (κ3) is 5.70. The molecule has 66 heavy (non-hydrogen) atoms. The van der Waals surface area contributed by atoms with E-state index in [1.54, 1.807) is 0 Å². The standard InChI is InChI=1S/C61H39N5/c1-2-17-41(18-3-1)59-62-60(45-27-26-38-14-4-6-19-42(38)32-45)64-61(63-59)52-35-47(34-44-21-9-10-22-48(44)52)66-54-25-13-12-24-50(54)51-36-53-57(37-56(51)66)65(46-30-28-39-15-5-7-20-43(39)33-46)55-31-29-40-16-8-11-23-49(40)58(53)55/h1-34,36-37,47H,35H2. The van der Waals surface area contributed by atoms with Crippen LogP contribution in [-0.4, -0.2) is 24.1 Å². The molecule has 0 radical (unpaired) electrons. The van der Waals surface area contributed by atoms with Gasteiger partial charge in [0, 0.05) is 55.9 Å². The maximum absolute atomic E-state index is 5.37. The second-order valence-corrected chi connectivity index (χ2v) is 17.6. The largest absolute Gasteiger partial charge is 0.333 e. The summed E-state index contributed by atoms with van der Waals surface area (Å²) in [5, 5.41) is 14.6. The molecule has 0 fully saturated rings. The zero-order valence-electron chi connectivity index (χ0n) is 35.8. The molecule has 0 N–H and O–H groups in total. The summed E-state index contributed by atoms with van der Waals surface area (Å²) in [5.41, 5.74) is 8.93. The van der Waals surface area contributed by atoms with Gasteiger partial charge in [0.1, 0.15) is 0 Å². The Balaban J connectivity index is 1.01. The fourth-order valence-corrected chi connectivity index (χ4v) is 10.8. The topological polar surface area (TPSA) is 48.5 Å². The number of nitrogens with zero attached hydrogens (tertiary/aromatic N) is 5. The van der Waals surface area contributed by atoms with Gasteiger partial charge < -0.3 is 9.13 Å². The van der Waals surface area contributed by atoms with Crippen molar-refractivity contribution >= 4 is 87.6 Å². The van der Waals surface area contributed by atoms with Crippen LogP contribution in [0.25, 0.3) is 116 Å². The van der Waals surface area contributed by atoms with Gasteiger partial charge in [0.25, 0.3) is 0 Å². The number of benzene rings is 10. The summed E-state index contributed by atoms with van der Waals surface area (Å²) in [5.74, 6) is 2.02. The van der Waals surface area contributed by atoms with E-state index in [1.807, 2.05) is 18.2 Å². The Morgan fingerprint density at radius 3 is 1.85 bits per heavy atom. The number of hydrogen-bond acceptors (Lipinski definition) is 3. The van der Waals surface area contributed by atoms with E-state index in [0.29, 0.717) is 23.9 Å².